The second-order valence-electron chi connectivity index (χ2n) is 5.30. The first-order valence-corrected chi connectivity index (χ1v) is 7.56. The molecule has 0 radical (unpaired) electrons. The van der Waals surface area contributed by atoms with Gasteiger partial charge in [0.05, 0.1) is 18.8 Å². The summed E-state index contributed by atoms with van der Waals surface area (Å²) in [7, 11) is 1.74. The Balaban J connectivity index is 1.78. The van der Waals surface area contributed by atoms with E-state index in [0.717, 1.165) is 17.3 Å². The van der Waals surface area contributed by atoms with Gasteiger partial charge in [-0.3, -0.25) is 14.5 Å². The molecule has 21 heavy (non-hydrogen) atoms. The van der Waals surface area contributed by atoms with Crippen LogP contribution >= 0.6 is 15.9 Å². The molecule has 1 fully saturated rings. The zero-order chi connectivity index (χ0) is 15.4. The van der Waals surface area contributed by atoms with Gasteiger partial charge in [0.25, 0.3) is 0 Å². The number of carbonyl (C=O) groups is 2. The van der Waals surface area contributed by atoms with Crippen molar-refractivity contribution in [2.24, 2.45) is 0 Å². The minimum absolute atomic E-state index is 0.0403. The first-order valence-electron chi connectivity index (χ1n) is 6.77. The Morgan fingerprint density at radius 1 is 1.33 bits per heavy atom. The third kappa shape index (κ3) is 5.35. The maximum atomic E-state index is 11.9. The number of anilines is 2. The molecule has 4 N–H and O–H groups in total. The predicted octanol–water partition coefficient (Wildman–Crippen LogP) is 1.18. The topological polar surface area (TPSA) is 87.5 Å². The maximum Gasteiger partial charge on any atom is 0.238 e. The third-order valence-corrected chi connectivity index (χ3v) is 3.69. The summed E-state index contributed by atoms with van der Waals surface area (Å²) in [5.74, 6) is -0.219. The van der Waals surface area contributed by atoms with Gasteiger partial charge in [-0.15, -0.1) is 0 Å². The van der Waals surface area contributed by atoms with E-state index in [4.69, 9.17) is 5.73 Å². The number of benzene rings is 1. The van der Waals surface area contributed by atoms with Crippen LogP contribution in [0, 0.1) is 0 Å². The van der Waals surface area contributed by atoms with E-state index in [1.54, 1.807) is 30.1 Å². The van der Waals surface area contributed by atoms with Crippen LogP contribution in [0.1, 0.15) is 12.8 Å². The van der Waals surface area contributed by atoms with E-state index in [1.807, 2.05) is 0 Å². The van der Waals surface area contributed by atoms with Crippen LogP contribution in [0.2, 0.25) is 0 Å². The standard InChI is InChI=1S/C14H19BrN4O2/c1-19(7-13(20)17-10-3-4-10)8-14(21)18-12-5-2-9(16)6-11(12)15/h2,5-6,10H,3-4,7-8,16H2,1H3,(H,17,20)(H,18,21). The average molecular weight is 355 g/mol. The van der Waals surface area contributed by atoms with Crippen molar-refractivity contribution in [1.82, 2.24) is 10.2 Å². The highest BCUT2D eigenvalue weighted by Crippen LogP contribution is 2.24. The number of carbonyl (C=O) groups excluding carboxylic acids is 2. The van der Waals surface area contributed by atoms with Crippen molar-refractivity contribution in [3.05, 3.63) is 22.7 Å². The van der Waals surface area contributed by atoms with E-state index in [2.05, 4.69) is 26.6 Å². The Bertz CT molecular complexity index is 546. The first-order chi connectivity index (χ1) is 9.94. The summed E-state index contributed by atoms with van der Waals surface area (Å²) >= 11 is 3.34. The third-order valence-electron chi connectivity index (χ3n) is 3.04. The molecule has 0 bridgehead atoms. The van der Waals surface area contributed by atoms with Gasteiger partial charge in [-0.25, -0.2) is 0 Å². The van der Waals surface area contributed by atoms with Crippen LogP contribution in [0.5, 0.6) is 0 Å². The lowest BCUT2D eigenvalue weighted by molar-refractivity contribution is -0.123. The molecule has 1 aromatic rings. The van der Waals surface area contributed by atoms with E-state index in [-0.39, 0.29) is 24.9 Å². The number of hydrogen-bond acceptors (Lipinski definition) is 4. The van der Waals surface area contributed by atoms with Crippen LogP contribution in [0.25, 0.3) is 0 Å². The summed E-state index contributed by atoms with van der Waals surface area (Å²) in [6.45, 7) is 0.363. The second kappa shape index (κ2) is 6.91. The largest absolute Gasteiger partial charge is 0.399 e. The van der Waals surface area contributed by atoms with Gasteiger partial charge in [-0.05, 0) is 54.0 Å². The molecule has 0 atom stereocenters. The fourth-order valence-corrected chi connectivity index (χ4v) is 2.37. The number of likely N-dealkylation sites (N-methyl/N-ethyl adjacent to an activating group) is 1. The van der Waals surface area contributed by atoms with Crippen molar-refractivity contribution in [2.75, 3.05) is 31.2 Å². The molecular formula is C14H19BrN4O2. The molecule has 0 aliphatic heterocycles. The highest BCUT2D eigenvalue weighted by atomic mass is 79.9. The molecule has 0 saturated heterocycles. The summed E-state index contributed by atoms with van der Waals surface area (Å²) in [5, 5.41) is 5.67. The Labute approximate surface area is 132 Å². The molecule has 6 nitrogen and oxygen atoms in total. The van der Waals surface area contributed by atoms with Crippen molar-refractivity contribution in [3.63, 3.8) is 0 Å². The van der Waals surface area contributed by atoms with E-state index in [9.17, 15) is 9.59 Å². The number of nitrogens with one attached hydrogen (secondary N) is 2. The molecule has 1 aliphatic rings. The number of halogens is 1. The van der Waals surface area contributed by atoms with Crippen LogP contribution in [0.4, 0.5) is 11.4 Å². The van der Waals surface area contributed by atoms with E-state index >= 15 is 0 Å². The van der Waals surface area contributed by atoms with Gasteiger partial charge in [0.1, 0.15) is 0 Å². The van der Waals surface area contributed by atoms with Gasteiger partial charge in [-0.2, -0.15) is 0 Å². The van der Waals surface area contributed by atoms with Crippen LogP contribution in [-0.2, 0) is 9.59 Å². The SMILES string of the molecule is CN(CC(=O)Nc1ccc(N)cc1Br)CC(=O)NC1CC1. The summed E-state index contributed by atoms with van der Waals surface area (Å²) in [6.07, 6.45) is 2.11. The van der Waals surface area contributed by atoms with Gasteiger partial charge < -0.3 is 16.4 Å². The highest BCUT2D eigenvalue weighted by molar-refractivity contribution is 9.10. The quantitative estimate of drug-likeness (QED) is 0.669. The molecular weight excluding hydrogens is 336 g/mol. The molecule has 1 aliphatic carbocycles. The number of amides is 2. The molecule has 7 heteroatoms. The van der Waals surface area contributed by atoms with Crippen LogP contribution < -0.4 is 16.4 Å². The molecule has 2 amide bonds. The number of nitrogens with zero attached hydrogens (tertiary/aromatic N) is 1. The van der Waals surface area contributed by atoms with E-state index < -0.39 is 0 Å². The van der Waals surface area contributed by atoms with Gasteiger partial charge >= 0.3 is 0 Å². The van der Waals surface area contributed by atoms with Crippen molar-refractivity contribution >= 4 is 39.1 Å². The Morgan fingerprint density at radius 3 is 2.62 bits per heavy atom. The molecule has 0 heterocycles. The van der Waals surface area contributed by atoms with Gasteiger partial charge in [0, 0.05) is 16.2 Å². The minimum Gasteiger partial charge on any atom is -0.399 e. The van der Waals surface area contributed by atoms with E-state index in [1.165, 1.54) is 0 Å². The first kappa shape index (κ1) is 15.8. The maximum absolute atomic E-state index is 11.9. The van der Waals surface area contributed by atoms with Crippen molar-refractivity contribution < 1.29 is 9.59 Å². The van der Waals surface area contributed by atoms with Crippen molar-refractivity contribution in [2.45, 2.75) is 18.9 Å². The van der Waals surface area contributed by atoms with Crippen LogP contribution in [-0.4, -0.2) is 42.9 Å². The van der Waals surface area contributed by atoms with Crippen molar-refractivity contribution in [1.29, 1.82) is 0 Å². The van der Waals surface area contributed by atoms with Gasteiger partial charge in [0.2, 0.25) is 11.8 Å². The lowest BCUT2D eigenvalue weighted by Gasteiger charge is -2.16. The lowest BCUT2D eigenvalue weighted by atomic mass is 10.3. The number of hydrogen-bond donors (Lipinski definition) is 3. The van der Waals surface area contributed by atoms with Gasteiger partial charge in [-0.1, -0.05) is 0 Å². The molecule has 2 rings (SSSR count). The van der Waals surface area contributed by atoms with Crippen LogP contribution in [0.15, 0.2) is 22.7 Å². The fourth-order valence-electron chi connectivity index (χ4n) is 1.87. The highest BCUT2D eigenvalue weighted by Gasteiger charge is 2.23. The lowest BCUT2D eigenvalue weighted by Crippen LogP contribution is -2.39. The van der Waals surface area contributed by atoms with Gasteiger partial charge in [0.15, 0.2) is 0 Å². The Morgan fingerprint density at radius 2 is 2.00 bits per heavy atom. The molecule has 0 unspecified atom stereocenters. The molecule has 0 aromatic heterocycles. The zero-order valence-corrected chi connectivity index (χ0v) is 13.4. The summed E-state index contributed by atoms with van der Waals surface area (Å²) in [6, 6.07) is 5.51. The zero-order valence-electron chi connectivity index (χ0n) is 11.9. The monoisotopic (exact) mass is 354 g/mol. The molecule has 0 spiro atoms. The minimum atomic E-state index is -0.179. The summed E-state index contributed by atoms with van der Waals surface area (Å²) < 4.78 is 0.727. The smallest absolute Gasteiger partial charge is 0.238 e. The summed E-state index contributed by atoms with van der Waals surface area (Å²) in [5.41, 5.74) is 6.92. The van der Waals surface area contributed by atoms with E-state index in [0.29, 0.717) is 17.4 Å². The van der Waals surface area contributed by atoms with Crippen molar-refractivity contribution in [3.8, 4) is 0 Å². The fraction of sp³-hybridized carbons (Fsp3) is 0.429. The summed E-state index contributed by atoms with van der Waals surface area (Å²) in [4.78, 5) is 25.2. The number of nitrogens with two attached hydrogens (primary N) is 1. The molecule has 1 aromatic carbocycles. The molecule has 1 saturated carbocycles. The number of nitrogen functional groups attached to an aromatic ring is 1. The predicted molar refractivity (Wildman–Crippen MR) is 85.8 cm³/mol. The van der Waals surface area contributed by atoms with Crippen LogP contribution in [0.3, 0.4) is 0 Å². The molecule has 114 valence electrons. The Kier molecular flexibility index (Phi) is 5.19. The normalized spacial score (nSPS) is 14.0. The average Bonchev–Trinajstić information content (AvgIpc) is 3.16. The second-order valence-corrected chi connectivity index (χ2v) is 6.16. The Hall–Kier alpha value is -1.60. The number of rotatable bonds is 6.